The molecule has 0 aliphatic rings. The monoisotopic (exact) mass is 1000 g/mol. The largest absolute Gasteiger partial charge is 0.493 e. The molecule has 0 aliphatic carbocycles. The Morgan fingerprint density at radius 1 is 0.444 bits per heavy atom. The van der Waals surface area contributed by atoms with Crippen molar-refractivity contribution in [2.75, 3.05) is 59.5 Å². The molecule has 12 nitrogen and oxygen atoms in total. The van der Waals surface area contributed by atoms with E-state index in [9.17, 15) is 9.59 Å². The highest BCUT2D eigenvalue weighted by atomic mass is 16.6. The van der Waals surface area contributed by atoms with Crippen LogP contribution in [0.4, 0.5) is 0 Å². The molecule has 12 heteroatoms. The summed E-state index contributed by atoms with van der Waals surface area (Å²) in [7, 11) is 0. The molecule has 0 saturated carbocycles. The van der Waals surface area contributed by atoms with Gasteiger partial charge in [0.2, 0.25) is 0 Å². The van der Waals surface area contributed by atoms with E-state index < -0.39 is 28.7 Å². The molecule has 0 fully saturated rings. The Morgan fingerprint density at radius 2 is 0.833 bits per heavy atom. The lowest BCUT2D eigenvalue weighted by atomic mass is 9.73. The Labute approximate surface area is 433 Å². The Balaban J connectivity index is 1.30. The predicted molar refractivity (Wildman–Crippen MR) is 286 cm³/mol. The van der Waals surface area contributed by atoms with Crippen molar-refractivity contribution in [2.45, 2.75) is 156 Å². The molecule has 402 valence electrons. The molecule has 2 atom stereocenters. The summed E-state index contributed by atoms with van der Waals surface area (Å²) in [6.07, 6.45) is 8.36. The third-order valence-corrected chi connectivity index (χ3v) is 13.6. The van der Waals surface area contributed by atoms with Crippen molar-refractivity contribution in [1.29, 1.82) is 0 Å². The normalized spacial score (nSPS) is 13.4. The summed E-state index contributed by atoms with van der Waals surface area (Å²) in [5.41, 5.74) is -2.96. The van der Waals surface area contributed by atoms with Gasteiger partial charge >= 0.3 is 11.9 Å². The van der Waals surface area contributed by atoms with Gasteiger partial charge < -0.3 is 47.4 Å². The molecule has 3 aromatic carbocycles. The van der Waals surface area contributed by atoms with Gasteiger partial charge in [-0.1, -0.05) is 69.8 Å². The molecule has 0 amide bonds. The summed E-state index contributed by atoms with van der Waals surface area (Å²) in [5, 5.41) is 0. The zero-order chi connectivity index (χ0) is 53.3. The minimum Gasteiger partial charge on any atom is -0.493 e. The van der Waals surface area contributed by atoms with E-state index in [4.69, 9.17) is 47.4 Å². The third-order valence-electron chi connectivity index (χ3n) is 13.6. The van der Waals surface area contributed by atoms with Gasteiger partial charge in [0.15, 0.2) is 0 Å². The first-order chi connectivity index (χ1) is 33.9. The zero-order valence-electron chi connectivity index (χ0n) is 46.0. The number of hydrogen-bond acceptors (Lipinski definition) is 12. The number of hydrogen-bond donors (Lipinski definition) is 0. The highest BCUT2D eigenvalue weighted by Crippen LogP contribution is 2.40. The second-order valence-corrected chi connectivity index (χ2v) is 21.9. The first-order valence-corrected chi connectivity index (χ1v) is 25.8. The second-order valence-electron chi connectivity index (χ2n) is 21.9. The zero-order valence-corrected chi connectivity index (χ0v) is 46.0. The maximum Gasteiger partial charge on any atom is 0.330 e. The van der Waals surface area contributed by atoms with Crippen molar-refractivity contribution < 1.29 is 57.0 Å². The summed E-state index contributed by atoms with van der Waals surface area (Å²) in [6, 6.07) is 26.9. The van der Waals surface area contributed by atoms with Crippen LogP contribution in [-0.2, 0) is 38.0 Å². The van der Waals surface area contributed by atoms with Crippen LogP contribution in [0.3, 0.4) is 0 Å². The van der Waals surface area contributed by atoms with Crippen LogP contribution >= 0.6 is 0 Å². The third kappa shape index (κ3) is 23.3. The average molecular weight is 1000 g/mol. The van der Waals surface area contributed by atoms with Crippen LogP contribution < -0.4 is 18.9 Å². The lowest BCUT2D eigenvalue weighted by Crippen LogP contribution is -2.47. The van der Waals surface area contributed by atoms with E-state index >= 15 is 0 Å². The van der Waals surface area contributed by atoms with E-state index in [0.717, 1.165) is 67.9 Å². The lowest BCUT2D eigenvalue weighted by Gasteiger charge is -2.44. The van der Waals surface area contributed by atoms with Crippen molar-refractivity contribution in [3.8, 4) is 23.0 Å². The molecule has 0 heterocycles. The maximum absolute atomic E-state index is 12.2. The standard InChI is InChI=1S/C60H90O12/c1-15-53(61)71-58(9,10)47(44-66-49-27-19-17-20-28-49)43-63-38-25-26-40-69-57(7,8)37-42-65-52-33-31-51(32-34-52)64-41-36-56(5,6)68-39-24-23-35-55(3,4)60(13,14)70-46-48(59(11,12)72-54(62)16-2)45-67-50-29-21-18-22-30-50/h15-22,27-34,47-48H,1-2,23-26,35-46H2,3-14H3. The fourth-order valence-corrected chi connectivity index (χ4v) is 7.40. The van der Waals surface area contributed by atoms with Crippen LogP contribution in [0.15, 0.2) is 110 Å². The number of rotatable bonds is 38. The van der Waals surface area contributed by atoms with Gasteiger partial charge in [-0.15, -0.1) is 0 Å². The van der Waals surface area contributed by atoms with Crippen LogP contribution in [0.25, 0.3) is 0 Å². The van der Waals surface area contributed by atoms with Crippen molar-refractivity contribution in [1.82, 2.24) is 0 Å². The molecule has 2 unspecified atom stereocenters. The quantitative estimate of drug-likeness (QED) is 0.0308. The molecule has 72 heavy (non-hydrogen) atoms. The molecule has 3 rings (SSSR count). The van der Waals surface area contributed by atoms with Gasteiger partial charge in [0.1, 0.15) is 34.2 Å². The van der Waals surface area contributed by atoms with Crippen LogP contribution in [0.1, 0.15) is 128 Å². The number of carbonyl (C=O) groups excluding carboxylic acids is 2. The van der Waals surface area contributed by atoms with Crippen LogP contribution in [0.5, 0.6) is 23.0 Å². The molecule has 3 aromatic rings. The van der Waals surface area contributed by atoms with E-state index in [1.807, 2.05) is 113 Å². The molecule has 0 radical (unpaired) electrons. The summed E-state index contributed by atoms with van der Waals surface area (Å²) in [4.78, 5) is 24.2. The van der Waals surface area contributed by atoms with E-state index in [-0.39, 0.29) is 28.5 Å². The number of unbranched alkanes of at least 4 members (excludes halogenated alkanes) is 2. The average Bonchev–Trinajstić information content (AvgIpc) is 3.32. The highest BCUT2D eigenvalue weighted by molar-refractivity contribution is 5.82. The van der Waals surface area contributed by atoms with Crippen molar-refractivity contribution in [2.24, 2.45) is 17.3 Å². The molecule has 0 bridgehead atoms. The number of carbonyl (C=O) groups is 2. The fraction of sp³-hybridized carbons (Fsp3) is 0.600. The van der Waals surface area contributed by atoms with Crippen LogP contribution in [0.2, 0.25) is 0 Å². The first-order valence-electron chi connectivity index (χ1n) is 25.8. The fourth-order valence-electron chi connectivity index (χ4n) is 7.40. The Hall–Kier alpha value is -4.88. The molecular formula is C60H90O12. The first kappa shape index (κ1) is 61.4. The van der Waals surface area contributed by atoms with Crippen LogP contribution in [0, 0.1) is 17.3 Å². The van der Waals surface area contributed by atoms with Gasteiger partial charge in [-0.2, -0.15) is 0 Å². The number of benzene rings is 3. The maximum atomic E-state index is 12.2. The van der Waals surface area contributed by atoms with Gasteiger partial charge in [-0.25, -0.2) is 9.59 Å². The van der Waals surface area contributed by atoms with Crippen molar-refractivity contribution in [3.05, 3.63) is 110 Å². The summed E-state index contributed by atoms with van der Waals surface area (Å²) >= 11 is 0. The highest BCUT2D eigenvalue weighted by Gasteiger charge is 2.41. The number of ether oxygens (including phenoxy) is 10. The van der Waals surface area contributed by atoms with E-state index in [2.05, 4.69) is 68.5 Å². The van der Waals surface area contributed by atoms with E-state index in [1.54, 1.807) is 0 Å². The van der Waals surface area contributed by atoms with E-state index in [0.29, 0.717) is 59.5 Å². The second kappa shape index (κ2) is 29.7. The van der Waals surface area contributed by atoms with Crippen molar-refractivity contribution >= 4 is 11.9 Å². The topological polar surface area (TPSA) is 126 Å². The number of esters is 2. The molecular weight excluding hydrogens is 913 g/mol. The van der Waals surface area contributed by atoms with Crippen LogP contribution in [-0.4, -0.2) is 99.4 Å². The number of para-hydroxylation sites is 2. The minimum atomic E-state index is -0.842. The molecule has 0 N–H and O–H groups in total. The molecule has 0 aliphatic heterocycles. The molecule has 0 saturated heterocycles. The van der Waals surface area contributed by atoms with Gasteiger partial charge in [0.05, 0.1) is 68.3 Å². The Bertz CT molecular complexity index is 2010. The van der Waals surface area contributed by atoms with E-state index in [1.165, 1.54) is 12.2 Å². The van der Waals surface area contributed by atoms with Gasteiger partial charge in [0.25, 0.3) is 0 Å². The van der Waals surface area contributed by atoms with Gasteiger partial charge in [0, 0.05) is 44.8 Å². The smallest absolute Gasteiger partial charge is 0.330 e. The predicted octanol–water partition coefficient (Wildman–Crippen LogP) is 13.0. The molecule has 0 aromatic heterocycles. The summed E-state index contributed by atoms with van der Waals surface area (Å²) in [5.74, 6) is 1.69. The van der Waals surface area contributed by atoms with Gasteiger partial charge in [-0.3, -0.25) is 0 Å². The Kier molecular flexibility index (Phi) is 25.4. The lowest BCUT2D eigenvalue weighted by molar-refractivity contribution is -0.169. The SMILES string of the molecule is C=CC(=O)OC(C)(C)C(COCCCCOC(C)(C)CCOc1ccc(OCCC(C)(C)OCCCCC(C)(C)C(C)(C)OCC(COc2ccccc2)C(C)(C)OC(=O)C=C)cc1)COc1ccccc1. The van der Waals surface area contributed by atoms with Crippen molar-refractivity contribution in [3.63, 3.8) is 0 Å². The summed E-state index contributed by atoms with van der Waals surface area (Å²) in [6.45, 7) is 36.0. The van der Waals surface area contributed by atoms with Gasteiger partial charge in [-0.05, 0) is 149 Å². The minimum absolute atomic E-state index is 0.148. The molecule has 0 spiro atoms. The summed E-state index contributed by atoms with van der Waals surface area (Å²) < 4.78 is 61.0. The Morgan fingerprint density at radius 3 is 1.26 bits per heavy atom.